The first-order chi connectivity index (χ1) is 18.0. The minimum atomic E-state index is -0.735. The van der Waals surface area contributed by atoms with E-state index in [0.29, 0.717) is 32.1 Å². The second kappa shape index (κ2) is 18.3. The van der Waals surface area contributed by atoms with Gasteiger partial charge in [-0.15, -0.1) is 6.58 Å². The van der Waals surface area contributed by atoms with Crippen LogP contribution in [0.1, 0.15) is 73.1 Å². The van der Waals surface area contributed by atoms with Gasteiger partial charge in [0.2, 0.25) is 0 Å². The van der Waals surface area contributed by atoms with Crippen molar-refractivity contribution in [2.24, 2.45) is 5.41 Å². The molecule has 1 heterocycles. The van der Waals surface area contributed by atoms with E-state index in [2.05, 4.69) is 6.58 Å². The summed E-state index contributed by atoms with van der Waals surface area (Å²) >= 11 is 0. The largest absolute Gasteiger partial charge is 0.465 e. The Kier molecular flexibility index (Phi) is 16.8. The van der Waals surface area contributed by atoms with Gasteiger partial charge in [0, 0.05) is 40.6 Å². The van der Waals surface area contributed by atoms with Crippen molar-refractivity contribution >= 4 is 5.97 Å². The average molecular weight is 549 g/mol. The molecule has 10 heteroatoms. The molecule has 224 valence electrons. The summed E-state index contributed by atoms with van der Waals surface area (Å²) in [7, 11) is 4.76. The molecule has 1 rings (SSSR count). The molecule has 0 bridgehead atoms. The normalized spacial score (nSPS) is 22.0. The van der Waals surface area contributed by atoms with Crippen LogP contribution in [0.3, 0.4) is 0 Å². The van der Waals surface area contributed by atoms with Crippen molar-refractivity contribution in [2.75, 3.05) is 48.3 Å². The molecule has 1 saturated heterocycles. The summed E-state index contributed by atoms with van der Waals surface area (Å²) in [5.74, 6) is -0.983. The van der Waals surface area contributed by atoms with Crippen LogP contribution in [0, 0.1) is 5.41 Å². The fourth-order valence-electron chi connectivity index (χ4n) is 4.25. The smallest absolute Gasteiger partial charge is 0.311 e. The van der Waals surface area contributed by atoms with Crippen molar-refractivity contribution in [3.8, 4) is 0 Å². The highest BCUT2D eigenvalue weighted by Crippen LogP contribution is 2.32. The molecule has 1 fully saturated rings. The number of rotatable bonds is 20. The van der Waals surface area contributed by atoms with E-state index < -0.39 is 11.2 Å². The Morgan fingerprint density at radius 2 is 1.53 bits per heavy atom. The first kappa shape index (κ1) is 34.9. The van der Waals surface area contributed by atoms with Gasteiger partial charge in [0.15, 0.2) is 5.79 Å². The molecule has 0 amide bonds. The molecule has 0 unspecified atom stereocenters. The number of carbonyl (C=O) groups excluding carboxylic acids is 1. The minimum absolute atomic E-state index is 0.00179. The zero-order chi connectivity index (χ0) is 28.6. The maximum atomic E-state index is 12.2. The van der Waals surface area contributed by atoms with E-state index in [0.717, 1.165) is 6.42 Å². The summed E-state index contributed by atoms with van der Waals surface area (Å²) in [6, 6.07) is 0. The second-order valence-corrected chi connectivity index (χ2v) is 11.0. The van der Waals surface area contributed by atoms with Crippen LogP contribution in [0.2, 0.25) is 0 Å². The van der Waals surface area contributed by atoms with Crippen LogP contribution in [0.15, 0.2) is 12.7 Å². The molecule has 5 atom stereocenters. The van der Waals surface area contributed by atoms with Gasteiger partial charge in [0.1, 0.15) is 20.4 Å². The van der Waals surface area contributed by atoms with Gasteiger partial charge in [-0.25, -0.2) is 0 Å². The van der Waals surface area contributed by atoms with E-state index >= 15 is 0 Å². The van der Waals surface area contributed by atoms with Crippen LogP contribution in [-0.4, -0.2) is 90.6 Å². The Balaban J connectivity index is 2.88. The van der Waals surface area contributed by atoms with Crippen LogP contribution in [-0.2, 0) is 47.4 Å². The van der Waals surface area contributed by atoms with Crippen LogP contribution in [0.5, 0.6) is 0 Å². The molecule has 10 nitrogen and oxygen atoms in total. The van der Waals surface area contributed by atoms with Crippen molar-refractivity contribution < 1.29 is 47.4 Å². The Labute approximate surface area is 229 Å². The van der Waals surface area contributed by atoms with Gasteiger partial charge >= 0.3 is 5.97 Å². The Morgan fingerprint density at radius 1 is 0.947 bits per heavy atom. The molecule has 0 radical (unpaired) electrons. The highest BCUT2D eigenvalue weighted by molar-refractivity contribution is 5.75. The van der Waals surface area contributed by atoms with Crippen LogP contribution in [0.4, 0.5) is 0 Å². The van der Waals surface area contributed by atoms with Gasteiger partial charge in [0.25, 0.3) is 0 Å². The van der Waals surface area contributed by atoms with Crippen molar-refractivity contribution in [1.29, 1.82) is 0 Å². The number of hydrogen-bond donors (Lipinski definition) is 0. The van der Waals surface area contributed by atoms with E-state index in [-0.39, 0.29) is 63.5 Å². The summed E-state index contributed by atoms with van der Waals surface area (Å²) in [5, 5.41) is 0. The van der Waals surface area contributed by atoms with Gasteiger partial charge in [-0.1, -0.05) is 6.08 Å². The Bertz CT molecular complexity index is 648. The zero-order valence-corrected chi connectivity index (χ0v) is 24.8. The van der Waals surface area contributed by atoms with Gasteiger partial charge in [-0.3, -0.25) is 4.79 Å². The molecule has 0 aliphatic carbocycles. The maximum absolute atomic E-state index is 12.2. The lowest BCUT2D eigenvalue weighted by Crippen LogP contribution is -2.49. The monoisotopic (exact) mass is 548 g/mol. The van der Waals surface area contributed by atoms with Crippen molar-refractivity contribution in [2.45, 2.75) is 109 Å². The molecule has 38 heavy (non-hydrogen) atoms. The van der Waals surface area contributed by atoms with Gasteiger partial charge < -0.3 is 42.6 Å². The fraction of sp³-hybridized carbons (Fsp3) is 0.893. The predicted molar refractivity (Wildman–Crippen MR) is 142 cm³/mol. The quantitative estimate of drug-likeness (QED) is 0.122. The number of hydrogen-bond acceptors (Lipinski definition) is 10. The SMILES string of the molecule is C=CC[C@@H]1C[C@H]([C@@H](CC[C@H](C[C@H](CCOC(=O)C(C)(C)C)OCOC)OCOC)OCOC)OC(C)(C)O1. The van der Waals surface area contributed by atoms with E-state index in [1.807, 2.05) is 40.7 Å². The first-order valence-corrected chi connectivity index (χ1v) is 13.4. The first-order valence-electron chi connectivity index (χ1n) is 13.4. The summed E-state index contributed by atoms with van der Waals surface area (Å²) in [5.41, 5.74) is -0.560. The molecule has 0 N–H and O–H groups in total. The molecule has 1 aliphatic rings. The molecule has 0 aromatic rings. The summed E-state index contributed by atoms with van der Waals surface area (Å²) < 4.78 is 51.3. The molecule has 0 spiro atoms. The average Bonchev–Trinajstić information content (AvgIpc) is 2.83. The molecule has 1 aliphatic heterocycles. The molecular weight excluding hydrogens is 496 g/mol. The molecular formula is C28H52O10. The highest BCUT2D eigenvalue weighted by Gasteiger charge is 2.39. The minimum Gasteiger partial charge on any atom is -0.465 e. The third-order valence-electron chi connectivity index (χ3n) is 6.05. The topological polar surface area (TPSA) is 100 Å². The van der Waals surface area contributed by atoms with Gasteiger partial charge in [-0.2, -0.15) is 0 Å². The van der Waals surface area contributed by atoms with Gasteiger partial charge in [-0.05, 0) is 53.9 Å². The molecule has 0 aromatic carbocycles. The highest BCUT2D eigenvalue weighted by atomic mass is 16.7. The van der Waals surface area contributed by atoms with Crippen molar-refractivity contribution in [3.63, 3.8) is 0 Å². The van der Waals surface area contributed by atoms with E-state index in [9.17, 15) is 4.79 Å². The standard InChI is InChI=1S/C28H52O10/c1-10-11-23-17-25(38-28(5,6)37-23)24(36-20-32-9)13-12-21(34-18-30-7)16-22(35-19-31-8)14-15-33-26(29)27(2,3)4/h10,21-25H,1,11-20H2,2-9H3/t21-,22+,23-,24-,25-/m1/s1. The van der Waals surface area contributed by atoms with Crippen molar-refractivity contribution in [3.05, 3.63) is 12.7 Å². The number of carbonyl (C=O) groups is 1. The third-order valence-corrected chi connectivity index (χ3v) is 6.05. The third kappa shape index (κ3) is 14.3. The lowest BCUT2D eigenvalue weighted by Gasteiger charge is -2.43. The van der Waals surface area contributed by atoms with Crippen LogP contribution < -0.4 is 0 Å². The molecule has 0 saturated carbocycles. The van der Waals surface area contributed by atoms with Crippen molar-refractivity contribution in [1.82, 2.24) is 0 Å². The number of methoxy groups -OCH3 is 3. The predicted octanol–water partition coefficient (Wildman–Crippen LogP) is 4.59. The summed E-state index contributed by atoms with van der Waals surface area (Å²) in [4.78, 5) is 12.2. The lowest BCUT2D eigenvalue weighted by atomic mass is 9.95. The van der Waals surface area contributed by atoms with E-state index in [1.165, 1.54) is 0 Å². The Morgan fingerprint density at radius 3 is 2.08 bits per heavy atom. The van der Waals surface area contributed by atoms with Crippen LogP contribution >= 0.6 is 0 Å². The molecule has 0 aromatic heterocycles. The summed E-state index contributed by atoms with van der Waals surface area (Å²) in [6.07, 6.45) is 4.85. The van der Waals surface area contributed by atoms with Gasteiger partial charge in [0.05, 0.1) is 42.5 Å². The zero-order valence-electron chi connectivity index (χ0n) is 24.8. The summed E-state index contributed by atoms with van der Waals surface area (Å²) in [6.45, 7) is 13.8. The number of ether oxygens (including phenoxy) is 9. The van der Waals surface area contributed by atoms with E-state index in [4.69, 9.17) is 42.6 Å². The second-order valence-electron chi connectivity index (χ2n) is 11.0. The maximum Gasteiger partial charge on any atom is 0.311 e. The fourth-order valence-corrected chi connectivity index (χ4v) is 4.25. The van der Waals surface area contributed by atoms with E-state index in [1.54, 1.807) is 21.3 Å². The number of esters is 1. The van der Waals surface area contributed by atoms with Crippen LogP contribution in [0.25, 0.3) is 0 Å². The Hall–Kier alpha value is -1.11. The lowest BCUT2D eigenvalue weighted by molar-refractivity contribution is -0.318.